The van der Waals surface area contributed by atoms with Crippen molar-refractivity contribution in [1.29, 1.82) is 0 Å². The molecule has 26 heavy (non-hydrogen) atoms. The molecule has 5 rings (SSSR count). The maximum Gasteiger partial charge on any atom is 0.259 e. The molecule has 0 unspecified atom stereocenters. The summed E-state index contributed by atoms with van der Waals surface area (Å²) >= 11 is 0. The van der Waals surface area contributed by atoms with E-state index >= 15 is 0 Å². The molecule has 0 bridgehead atoms. The number of pyridine rings is 1. The molecule has 2 aromatic heterocycles. The third-order valence-corrected chi connectivity index (χ3v) is 4.88. The van der Waals surface area contributed by atoms with E-state index in [-0.39, 0.29) is 11.6 Å². The molecule has 5 nitrogen and oxygen atoms in total. The molecule has 2 saturated carbocycles. The molecular weight excluding hydrogens is 340 g/mol. The summed E-state index contributed by atoms with van der Waals surface area (Å²) < 4.78 is 32.4. The number of anilines is 1. The highest BCUT2D eigenvalue weighted by Gasteiger charge is 2.34. The van der Waals surface area contributed by atoms with Crippen LogP contribution in [0, 0.1) is 11.6 Å². The molecule has 0 atom stereocenters. The van der Waals surface area contributed by atoms with Crippen LogP contribution < -0.4 is 5.32 Å². The van der Waals surface area contributed by atoms with E-state index in [1.165, 1.54) is 6.07 Å². The Balaban J connectivity index is 1.59. The van der Waals surface area contributed by atoms with Gasteiger partial charge in [-0.2, -0.15) is 0 Å². The lowest BCUT2D eigenvalue weighted by molar-refractivity contribution is 0.102. The van der Waals surface area contributed by atoms with Gasteiger partial charge in [0.05, 0.1) is 22.3 Å². The van der Waals surface area contributed by atoms with E-state index in [4.69, 9.17) is 4.52 Å². The van der Waals surface area contributed by atoms with Gasteiger partial charge in [-0.3, -0.25) is 4.79 Å². The Labute approximate surface area is 147 Å². The van der Waals surface area contributed by atoms with Gasteiger partial charge in [-0.05, 0) is 43.9 Å². The lowest BCUT2D eigenvalue weighted by atomic mass is 10.0. The highest BCUT2D eigenvalue weighted by Crippen LogP contribution is 2.45. The quantitative estimate of drug-likeness (QED) is 0.748. The van der Waals surface area contributed by atoms with Crippen LogP contribution in [0.25, 0.3) is 11.1 Å². The lowest BCUT2D eigenvalue weighted by Crippen LogP contribution is -2.14. The third kappa shape index (κ3) is 2.64. The van der Waals surface area contributed by atoms with E-state index in [9.17, 15) is 13.6 Å². The van der Waals surface area contributed by atoms with Gasteiger partial charge in [-0.1, -0.05) is 5.16 Å². The van der Waals surface area contributed by atoms with Crippen molar-refractivity contribution in [2.75, 3.05) is 5.32 Å². The van der Waals surface area contributed by atoms with Crippen LogP contribution in [0.15, 0.2) is 28.8 Å². The van der Waals surface area contributed by atoms with Gasteiger partial charge in [-0.25, -0.2) is 13.8 Å². The Morgan fingerprint density at radius 1 is 1.12 bits per heavy atom. The Bertz CT molecular complexity index is 1040. The summed E-state index contributed by atoms with van der Waals surface area (Å²) in [5.74, 6) is -1.39. The van der Waals surface area contributed by atoms with Gasteiger partial charge in [0.1, 0.15) is 11.6 Å². The van der Waals surface area contributed by atoms with E-state index in [1.807, 2.05) is 0 Å². The van der Waals surface area contributed by atoms with Crippen molar-refractivity contribution in [3.8, 4) is 0 Å². The predicted molar refractivity (Wildman–Crippen MR) is 90.1 cm³/mol. The highest BCUT2D eigenvalue weighted by atomic mass is 19.1. The minimum Gasteiger partial charge on any atom is -0.335 e. The molecular formula is C19H15F2N3O2. The van der Waals surface area contributed by atoms with Crippen LogP contribution in [0.1, 0.15) is 59.3 Å². The molecule has 3 aromatic rings. The van der Waals surface area contributed by atoms with Gasteiger partial charge in [0.15, 0.2) is 0 Å². The van der Waals surface area contributed by atoms with Gasteiger partial charge >= 0.3 is 0 Å². The maximum atomic E-state index is 13.9. The van der Waals surface area contributed by atoms with E-state index in [2.05, 4.69) is 15.5 Å². The molecule has 0 radical (unpaired) electrons. The zero-order valence-electron chi connectivity index (χ0n) is 13.8. The van der Waals surface area contributed by atoms with Crippen molar-refractivity contribution >= 4 is 22.7 Å². The lowest BCUT2D eigenvalue weighted by Gasteiger charge is -2.09. The Morgan fingerprint density at radius 3 is 2.58 bits per heavy atom. The number of benzene rings is 1. The van der Waals surface area contributed by atoms with Crippen molar-refractivity contribution in [2.24, 2.45) is 0 Å². The van der Waals surface area contributed by atoms with Gasteiger partial charge in [0, 0.05) is 23.6 Å². The minimum atomic E-state index is -0.821. The molecule has 0 saturated heterocycles. The fraction of sp³-hybridized carbons (Fsp3) is 0.316. The minimum absolute atomic E-state index is 0.0706. The normalized spacial score (nSPS) is 16.8. The Hall–Kier alpha value is -2.83. The summed E-state index contributed by atoms with van der Waals surface area (Å²) in [6.07, 6.45) is 4.05. The average Bonchev–Trinajstić information content (AvgIpc) is 3.54. The molecule has 1 amide bonds. The number of carbonyl (C=O) groups excluding carboxylic acids is 1. The first-order valence-corrected chi connectivity index (χ1v) is 8.67. The highest BCUT2D eigenvalue weighted by molar-refractivity contribution is 6.12. The van der Waals surface area contributed by atoms with Crippen LogP contribution in [0.4, 0.5) is 14.5 Å². The van der Waals surface area contributed by atoms with Crippen molar-refractivity contribution in [3.63, 3.8) is 0 Å². The fourth-order valence-electron chi connectivity index (χ4n) is 3.18. The summed E-state index contributed by atoms with van der Waals surface area (Å²) in [5, 5.41) is 7.24. The fourth-order valence-corrected chi connectivity index (χ4v) is 3.18. The van der Waals surface area contributed by atoms with E-state index < -0.39 is 17.5 Å². The molecule has 0 spiro atoms. The monoisotopic (exact) mass is 355 g/mol. The van der Waals surface area contributed by atoms with E-state index in [0.29, 0.717) is 22.6 Å². The number of hydrogen-bond acceptors (Lipinski definition) is 4. The topological polar surface area (TPSA) is 68.0 Å². The van der Waals surface area contributed by atoms with Crippen LogP contribution in [0.3, 0.4) is 0 Å². The number of carbonyl (C=O) groups is 1. The number of nitrogens with one attached hydrogen (secondary N) is 1. The molecule has 2 fully saturated rings. The van der Waals surface area contributed by atoms with Crippen LogP contribution in [-0.4, -0.2) is 16.0 Å². The first kappa shape index (κ1) is 15.4. The zero-order chi connectivity index (χ0) is 17.8. The van der Waals surface area contributed by atoms with Crippen molar-refractivity contribution in [2.45, 2.75) is 37.5 Å². The van der Waals surface area contributed by atoms with Crippen LogP contribution in [0.2, 0.25) is 0 Å². The number of nitrogens with zero attached hydrogens (tertiary/aromatic N) is 2. The van der Waals surface area contributed by atoms with Gasteiger partial charge in [0.2, 0.25) is 0 Å². The molecule has 1 N–H and O–H groups in total. The third-order valence-electron chi connectivity index (χ3n) is 4.88. The van der Waals surface area contributed by atoms with Crippen molar-refractivity contribution < 1.29 is 18.1 Å². The standard InChI is InChI=1S/C19H15F2N3O2/c20-11-5-6-14(13(21)7-11)22-18(25)12-8-15(9-1-2-9)23-19-16(12)17(24-26-19)10-3-4-10/h5-10H,1-4H2,(H,22,25). The van der Waals surface area contributed by atoms with Gasteiger partial charge < -0.3 is 9.84 Å². The zero-order valence-corrected chi connectivity index (χ0v) is 13.8. The summed E-state index contributed by atoms with van der Waals surface area (Å²) in [6, 6.07) is 4.80. The second kappa shape index (κ2) is 5.59. The number of rotatable bonds is 4. The predicted octanol–water partition coefficient (Wildman–Crippen LogP) is 4.51. The van der Waals surface area contributed by atoms with E-state index in [0.717, 1.165) is 49.2 Å². The largest absolute Gasteiger partial charge is 0.335 e. The molecule has 2 aliphatic rings. The van der Waals surface area contributed by atoms with Crippen molar-refractivity contribution in [3.05, 3.63) is 52.9 Å². The molecule has 2 heterocycles. The van der Waals surface area contributed by atoms with E-state index in [1.54, 1.807) is 6.07 Å². The SMILES string of the molecule is O=C(Nc1ccc(F)cc1F)c1cc(C2CC2)nc2onc(C3CC3)c12. The number of halogens is 2. The summed E-state index contributed by atoms with van der Waals surface area (Å²) in [5.41, 5.74) is 2.18. The first-order chi connectivity index (χ1) is 12.6. The molecule has 2 aliphatic carbocycles. The molecule has 1 aromatic carbocycles. The summed E-state index contributed by atoms with van der Waals surface area (Å²) in [7, 11) is 0. The Kier molecular flexibility index (Phi) is 3.32. The van der Waals surface area contributed by atoms with Gasteiger partial charge in [-0.15, -0.1) is 0 Å². The second-order valence-electron chi connectivity index (χ2n) is 6.97. The smallest absolute Gasteiger partial charge is 0.259 e. The molecule has 7 heteroatoms. The van der Waals surface area contributed by atoms with Crippen molar-refractivity contribution in [1.82, 2.24) is 10.1 Å². The molecule has 132 valence electrons. The maximum absolute atomic E-state index is 13.9. The van der Waals surface area contributed by atoms with Crippen LogP contribution in [0.5, 0.6) is 0 Å². The summed E-state index contributed by atoms with van der Waals surface area (Å²) in [4.78, 5) is 17.4. The van der Waals surface area contributed by atoms with Crippen LogP contribution >= 0.6 is 0 Å². The number of fused-ring (bicyclic) bond motifs is 1. The first-order valence-electron chi connectivity index (χ1n) is 8.67. The average molecular weight is 355 g/mol. The van der Waals surface area contributed by atoms with Crippen LogP contribution in [-0.2, 0) is 0 Å². The second-order valence-corrected chi connectivity index (χ2v) is 6.97. The molecule has 0 aliphatic heterocycles. The Morgan fingerprint density at radius 2 is 1.88 bits per heavy atom. The number of amides is 1. The summed E-state index contributed by atoms with van der Waals surface area (Å²) in [6.45, 7) is 0. The van der Waals surface area contributed by atoms with Gasteiger partial charge in [0.25, 0.3) is 11.6 Å². The number of hydrogen-bond donors (Lipinski definition) is 1. The number of aromatic nitrogens is 2.